The zero-order valence-corrected chi connectivity index (χ0v) is 17.6. The largest absolute Gasteiger partial charge is 0.486 e. The van der Waals surface area contributed by atoms with Crippen molar-refractivity contribution in [3.63, 3.8) is 0 Å². The topological polar surface area (TPSA) is 88.6 Å². The van der Waals surface area contributed by atoms with Crippen molar-refractivity contribution in [3.05, 3.63) is 52.2 Å². The molecular weight excluding hydrogens is 406 g/mol. The summed E-state index contributed by atoms with van der Waals surface area (Å²) in [4.78, 5) is 42.7. The van der Waals surface area contributed by atoms with Gasteiger partial charge >= 0.3 is 0 Å². The standard InChI is InChI=1S/C22H22ClN3O4/c1-13-9-16(23)11-17-18(28)12-22(30-20(13)17)4-7-26(8-5-22)21(29)15-3-6-24-19(10-15)25-14(2)27/h3,6,9-11H,4-5,7-8,12H2,1-2H3,(H,24,25,27). The van der Waals surface area contributed by atoms with Gasteiger partial charge in [0.2, 0.25) is 5.91 Å². The highest BCUT2D eigenvalue weighted by Gasteiger charge is 2.44. The molecule has 1 fully saturated rings. The van der Waals surface area contributed by atoms with Crippen LogP contribution in [0.4, 0.5) is 5.82 Å². The molecule has 2 aliphatic heterocycles. The highest BCUT2D eigenvalue weighted by molar-refractivity contribution is 6.31. The molecule has 1 aromatic heterocycles. The van der Waals surface area contributed by atoms with Crippen LogP contribution < -0.4 is 10.1 Å². The van der Waals surface area contributed by atoms with E-state index in [0.29, 0.717) is 53.6 Å². The lowest BCUT2D eigenvalue weighted by molar-refractivity contribution is -0.114. The number of likely N-dealkylation sites (tertiary alicyclic amines) is 1. The third-order valence-corrected chi connectivity index (χ3v) is 5.83. The third-order valence-electron chi connectivity index (χ3n) is 5.61. The first kappa shape index (κ1) is 20.3. The molecule has 30 heavy (non-hydrogen) atoms. The van der Waals surface area contributed by atoms with Gasteiger partial charge in [-0.05, 0) is 36.8 Å². The number of piperidine rings is 1. The number of carbonyl (C=O) groups is 3. The van der Waals surface area contributed by atoms with Crippen molar-refractivity contribution < 1.29 is 19.1 Å². The molecule has 2 aromatic rings. The SMILES string of the molecule is CC(=O)Nc1cc(C(=O)N2CCC3(CC2)CC(=O)c2cc(Cl)cc(C)c2O3)ccn1. The minimum absolute atomic E-state index is 0.0238. The number of anilines is 1. The van der Waals surface area contributed by atoms with Gasteiger partial charge in [0.05, 0.1) is 12.0 Å². The van der Waals surface area contributed by atoms with Crippen molar-refractivity contribution in [1.29, 1.82) is 0 Å². The number of fused-ring (bicyclic) bond motifs is 1. The second-order valence-corrected chi connectivity index (χ2v) is 8.32. The Bertz CT molecular complexity index is 1040. The van der Waals surface area contributed by atoms with Gasteiger partial charge in [0, 0.05) is 49.6 Å². The second-order valence-electron chi connectivity index (χ2n) is 7.89. The van der Waals surface area contributed by atoms with Crippen LogP contribution in [0.25, 0.3) is 0 Å². The minimum Gasteiger partial charge on any atom is -0.486 e. The number of hydrogen-bond donors (Lipinski definition) is 1. The smallest absolute Gasteiger partial charge is 0.254 e. The van der Waals surface area contributed by atoms with Crippen molar-refractivity contribution >= 4 is 35.0 Å². The number of benzene rings is 1. The molecule has 2 aliphatic rings. The van der Waals surface area contributed by atoms with E-state index in [1.807, 2.05) is 6.92 Å². The Kier molecular flexibility index (Phi) is 5.24. The maximum absolute atomic E-state index is 12.9. The lowest BCUT2D eigenvalue weighted by Crippen LogP contribution is -2.52. The van der Waals surface area contributed by atoms with E-state index in [-0.39, 0.29) is 24.0 Å². The number of nitrogens with zero attached hydrogens (tertiary/aromatic N) is 2. The molecule has 4 rings (SSSR count). The van der Waals surface area contributed by atoms with Gasteiger partial charge in [0.25, 0.3) is 5.91 Å². The average molecular weight is 428 g/mol. The van der Waals surface area contributed by atoms with Gasteiger partial charge in [-0.3, -0.25) is 14.4 Å². The monoisotopic (exact) mass is 427 g/mol. The first-order chi connectivity index (χ1) is 14.3. The molecule has 3 heterocycles. The molecule has 0 aliphatic carbocycles. The van der Waals surface area contributed by atoms with Crippen molar-refractivity contribution in [2.45, 2.75) is 38.7 Å². The Hall–Kier alpha value is -2.93. The molecule has 0 saturated carbocycles. The number of rotatable bonds is 2. The quantitative estimate of drug-likeness (QED) is 0.790. The van der Waals surface area contributed by atoms with Crippen molar-refractivity contribution in [3.8, 4) is 5.75 Å². The number of Topliss-reactive ketones (excluding diaryl/α,β-unsaturated/α-hetero) is 1. The molecule has 0 unspecified atom stereocenters. The highest BCUT2D eigenvalue weighted by Crippen LogP contribution is 2.42. The number of hydrogen-bond acceptors (Lipinski definition) is 5. The second kappa shape index (κ2) is 7.72. The highest BCUT2D eigenvalue weighted by atomic mass is 35.5. The van der Waals surface area contributed by atoms with Gasteiger partial charge in [-0.15, -0.1) is 0 Å². The zero-order chi connectivity index (χ0) is 21.5. The van der Waals surface area contributed by atoms with E-state index in [1.165, 1.54) is 13.1 Å². The minimum atomic E-state index is -0.598. The van der Waals surface area contributed by atoms with Gasteiger partial charge in [-0.25, -0.2) is 4.98 Å². The van der Waals surface area contributed by atoms with Gasteiger partial charge in [-0.2, -0.15) is 0 Å². The van der Waals surface area contributed by atoms with Crippen molar-refractivity contribution in [1.82, 2.24) is 9.88 Å². The van der Waals surface area contributed by atoms with E-state index in [2.05, 4.69) is 10.3 Å². The molecule has 1 N–H and O–H groups in total. The maximum Gasteiger partial charge on any atom is 0.254 e. The Morgan fingerprint density at radius 2 is 1.97 bits per heavy atom. The van der Waals surface area contributed by atoms with Crippen molar-refractivity contribution in [2.24, 2.45) is 0 Å². The predicted octanol–water partition coefficient (Wildman–Crippen LogP) is 3.64. The first-order valence-electron chi connectivity index (χ1n) is 9.82. The van der Waals surface area contributed by atoms with Crippen LogP contribution in [0.1, 0.15) is 52.5 Å². The first-order valence-corrected chi connectivity index (χ1v) is 10.2. The summed E-state index contributed by atoms with van der Waals surface area (Å²) < 4.78 is 6.34. The Labute approximate surface area is 179 Å². The fraction of sp³-hybridized carbons (Fsp3) is 0.364. The van der Waals surface area contributed by atoms with Gasteiger partial charge in [0.15, 0.2) is 5.78 Å². The number of nitrogens with one attached hydrogen (secondary N) is 1. The molecule has 1 aromatic carbocycles. The number of pyridine rings is 1. The maximum atomic E-state index is 12.9. The predicted molar refractivity (Wildman–Crippen MR) is 112 cm³/mol. The van der Waals surface area contributed by atoms with Crippen LogP contribution in [0.3, 0.4) is 0 Å². The van der Waals surface area contributed by atoms with Gasteiger partial charge < -0.3 is 15.0 Å². The summed E-state index contributed by atoms with van der Waals surface area (Å²) in [5, 5.41) is 3.11. The van der Waals surface area contributed by atoms with Gasteiger partial charge in [0.1, 0.15) is 17.2 Å². The normalized spacial score (nSPS) is 17.3. The summed E-state index contributed by atoms with van der Waals surface area (Å²) in [6.07, 6.45) is 2.91. The Morgan fingerprint density at radius 3 is 2.67 bits per heavy atom. The van der Waals surface area contributed by atoms with Crippen LogP contribution >= 0.6 is 11.6 Å². The lowest BCUT2D eigenvalue weighted by Gasteiger charge is -2.44. The van der Waals surface area contributed by atoms with Gasteiger partial charge in [-0.1, -0.05) is 11.6 Å². The van der Waals surface area contributed by atoms with E-state index in [1.54, 1.807) is 29.2 Å². The number of amides is 2. The van der Waals surface area contributed by atoms with Crippen molar-refractivity contribution in [2.75, 3.05) is 18.4 Å². The van der Waals surface area contributed by atoms with Crippen LogP contribution in [0.15, 0.2) is 30.5 Å². The number of aromatic nitrogens is 1. The molecule has 8 heteroatoms. The summed E-state index contributed by atoms with van der Waals surface area (Å²) in [6, 6.07) is 6.65. The van der Waals surface area contributed by atoms with Crippen LogP contribution in [-0.2, 0) is 4.79 Å². The molecule has 1 spiro atoms. The molecule has 2 amide bonds. The molecule has 1 saturated heterocycles. The molecule has 7 nitrogen and oxygen atoms in total. The molecule has 0 radical (unpaired) electrons. The summed E-state index contributed by atoms with van der Waals surface area (Å²) in [6.45, 7) is 4.23. The average Bonchev–Trinajstić information content (AvgIpc) is 2.69. The van der Waals surface area contributed by atoms with Crippen LogP contribution in [0.5, 0.6) is 5.75 Å². The summed E-state index contributed by atoms with van der Waals surface area (Å²) >= 11 is 6.10. The number of ether oxygens (including phenoxy) is 1. The van der Waals surface area contributed by atoms with E-state index in [4.69, 9.17) is 16.3 Å². The number of carbonyl (C=O) groups excluding carboxylic acids is 3. The molecule has 156 valence electrons. The van der Waals surface area contributed by atoms with Crippen LogP contribution in [-0.4, -0.2) is 46.2 Å². The fourth-order valence-corrected chi connectivity index (χ4v) is 4.38. The Morgan fingerprint density at radius 1 is 1.23 bits per heavy atom. The number of ketones is 1. The summed E-state index contributed by atoms with van der Waals surface area (Å²) in [5.74, 6) is 0.585. The number of halogens is 1. The number of aryl methyl sites for hydroxylation is 1. The Balaban J connectivity index is 1.48. The lowest BCUT2D eigenvalue weighted by atomic mass is 9.82. The van der Waals surface area contributed by atoms with E-state index in [9.17, 15) is 14.4 Å². The molecule has 0 bridgehead atoms. The van der Waals surface area contributed by atoms with E-state index >= 15 is 0 Å². The third kappa shape index (κ3) is 3.89. The fourth-order valence-electron chi connectivity index (χ4n) is 4.10. The zero-order valence-electron chi connectivity index (χ0n) is 16.8. The van der Waals surface area contributed by atoms with Crippen LogP contribution in [0, 0.1) is 6.92 Å². The molecular formula is C22H22ClN3O4. The molecule has 0 atom stereocenters. The van der Waals surface area contributed by atoms with Crippen LogP contribution in [0.2, 0.25) is 5.02 Å². The summed E-state index contributed by atoms with van der Waals surface area (Å²) in [5.41, 5.74) is 1.23. The van der Waals surface area contributed by atoms with E-state index < -0.39 is 5.60 Å². The summed E-state index contributed by atoms with van der Waals surface area (Å²) in [7, 11) is 0. The van der Waals surface area contributed by atoms with E-state index in [0.717, 1.165) is 5.56 Å².